The minimum atomic E-state index is -1.07. The Hall–Kier alpha value is -2.89. The first-order valence-electron chi connectivity index (χ1n) is 7.13. The van der Waals surface area contributed by atoms with Gasteiger partial charge in [0.25, 0.3) is 0 Å². The second-order valence-corrected chi connectivity index (χ2v) is 5.75. The Morgan fingerprint density at radius 1 is 1.17 bits per heavy atom. The van der Waals surface area contributed by atoms with Gasteiger partial charge >= 0.3 is 6.09 Å². The highest BCUT2D eigenvalue weighted by atomic mass is 16.4. The molecule has 0 radical (unpaired) electrons. The van der Waals surface area contributed by atoms with E-state index in [1.165, 1.54) is 11.1 Å². The van der Waals surface area contributed by atoms with E-state index in [1.54, 1.807) is 26.0 Å². The van der Waals surface area contributed by atoms with Gasteiger partial charge in [-0.15, -0.1) is 0 Å². The van der Waals surface area contributed by atoms with Crippen molar-refractivity contribution in [3.63, 3.8) is 0 Å². The highest BCUT2D eigenvalue weighted by Crippen LogP contribution is 2.24. The number of aromatic nitrogens is 1. The molecular weight excluding hydrogens is 294 g/mol. The lowest BCUT2D eigenvalue weighted by Crippen LogP contribution is -2.36. The lowest BCUT2D eigenvalue weighted by molar-refractivity contribution is -0.122. The van der Waals surface area contributed by atoms with Crippen molar-refractivity contribution in [1.29, 1.82) is 0 Å². The van der Waals surface area contributed by atoms with E-state index in [0.717, 1.165) is 5.56 Å². The van der Waals surface area contributed by atoms with E-state index in [4.69, 9.17) is 5.73 Å². The molecule has 0 spiro atoms. The summed E-state index contributed by atoms with van der Waals surface area (Å²) in [5, 5.41) is 9.43. The van der Waals surface area contributed by atoms with Crippen molar-refractivity contribution in [3.05, 3.63) is 59.9 Å². The molecule has 0 atom stereocenters. The molecule has 2 rings (SSSR count). The van der Waals surface area contributed by atoms with Gasteiger partial charge in [0.2, 0.25) is 5.91 Å². The second kappa shape index (κ2) is 6.48. The van der Waals surface area contributed by atoms with E-state index in [2.05, 4.69) is 4.98 Å². The first-order valence-corrected chi connectivity index (χ1v) is 7.13. The maximum absolute atomic E-state index is 11.5. The molecule has 0 fully saturated rings. The first kappa shape index (κ1) is 16.5. The number of benzene rings is 1. The highest BCUT2D eigenvalue weighted by molar-refractivity contribution is 5.87. The fraction of sp³-hybridized carbons (Fsp3) is 0.235. The zero-order valence-electron chi connectivity index (χ0n) is 13.1. The maximum Gasteiger partial charge on any atom is 0.412 e. The van der Waals surface area contributed by atoms with Gasteiger partial charge in [0, 0.05) is 0 Å². The van der Waals surface area contributed by atoms with E-state index in [-0.39, 0.29) is 6.54 Å². The molecule has 0 saturated heterocycles. The number of nitrogens with zero attached hydrogens (tertiary/aromatic N) is 2. The minimum Gasteiger partial charge on any atom is -0.465 e. The van der Waals surface area contributed by atoms with Crippen molar-refractivity contribution >= 4 is 17.7 Å². The number of carboxylic acid groups (broad SMARTS) is 1. The average molecular weight is 313 g/mol. The number of carbonyl (C=O) groups excluding carboxylic acids is 1. The molecule has 1 aromatic carbocycles. The number of hydrogen-bond acceptors (Lipinski definition) is 3. The SMILES string of the molecule is CC(C)(C(N)=O)c1ccc(N(Cc2ccccc2)C(=O)O)cn1. The zero-order chi connectivity index (χ0) is 17.0. The third kappa shape index (κ3) is 3.66. The summed E-state index contributed by atoms with van der Waals surface area (Å²) >= 11 is 0. The molecule has 120 valence electrons. The fourth-order valence-corrected chi connectivity index (χ4v) is 2.08. The Kier molecular flexibility index (Phi) is 4.64. The highest BCUT2D eigenvalue weighted by Gasteiger charge is 2.29. The summed E-state index contributed by atoms with van der Waals surface area (Å²) in [4.78, 5) is 28.4. The topological polar surface area (TPSA) is 96.5 Å². The molecule has 0 aliphatic rings. The third-order valence-electron chi connectivity index (χ3n) is 3.73. The molecule has 0 aliphatic carbocycles. The Balaban J connectivity index is 2.27. The number of rotatable bonds is 5. The molecule has 3 N–H and O–H groups in total. The molecule has 0 aliphatic heterocycles. The van der Waals surface area contributed by atoms with E-state index in [1.807, 2.05) is 30.3 Å². The van der Waals surface area contributed by atoms with Gasteiger partial charge in [-0.1, -0.05) is 30.3 Å². The number of nitrogens with two attached hydrogens (primary N) is 1. The second-order valence-electron chi connectivity index (χ2n) is 5.75. The Labute approximate surface area is 134 Å². The summed E-state index contributed by atoms with van der Waals surface area (Å²) in [6.07, 6.45) is 0.370. The number of amides is 2. The molecule has 2 amide bonds. The average Bonchev–Trinajstić information content (AvgIpc) is 2.53. The Morgan fingerprint density at radius 2 is 1.83 bits per heavy atom. The molecule has 0 saturated carbocycles. The molecule has 1 aromatic heterocycles. The molecule has 6 nitrogen and oxygen atoms in total. The van der Waals surface area contributed by atoms with Crippen LogP contribution in [0.3, 0.4) is 0 Å². The summed E-state index contributed by atoms with van der Waals surface area (Å²) in [5.74, 6) is -0.489. The van der Waals surface area contributed by atoms with Gasteiger partial charge in [-0.3, -0.25) is 14.7 Å². The van der Waals surface area contributed by atoms with Crippen molar-refractivity contribution < 1.29 is 14.7 Å². The van der Waals surface area contributed by atoms with E-state index in [0.29, 0.717) is 11.4 Å². The number of hydrogen-bond donors (Lipinski definition) is 2. The molecule has 1 heterocycles. The van der Waals surface area contributed by atoms with Gasteiger partial charge in [-0.25, -0.2) is 4.79 Å². The van der Waals surface area contributed by atoms with Crippen LogP contribution in [-0.2, 0) is 16.8 Å². The van der Waals surface area contributed by atoms with Crippen LogP contribution < -0.4 is 10.6 Å². The van der Waals surface area contributed by atoms with Crippen molar-refractivity contribution in [2.45, 2.75) is 25.8 Å². The Morgan fingerprint density at radius 3 is 2.30 bits per heavy atom. The van der Waals surface area contributed by atoms with Gasteiger partial charge in [-0.05, 0) is 31.5 Å². The van der Waals surface area contributed by atoms with Gasteiger partial charge < -0.3 is 10.8 Å². The molecule has 0 unspecified atom stereocenters. The molecule has 2 aromatic rings. The van der Waals surface area contributed by atoms with Crippen LogP contribution in [0.25, 0.3) is 0 Å². The predicted molar refractivity (Wildman–Crippen MR) is 87.1 cm³/mol. The monoisotopic (exact) mass is 313 g/mol. The Bertz CT molecular complexity index is 697. The van der Waals surface area contributed by atoms with Crippen molar-refractivity contribution in [2.24, 2.45) is 5.73 Å². The van der Waals surface area contributed by atoms with Crippen LogP contribution in [0.4, 0.5) is 10.5 Å². The molecule has 0 bridgehead atoms. The number of carbonyl (C=O) groups is 2. The number of primary amides is 1. The lowest BCUT2D eigenvalue weighted by Gasteiger charge is -2.22. The van der Waals surface area contributed by atoms with E-state index in [9.17, 15) is 14.7 Å². The van der Waals surface area contributed by atoms with Crippen LogP contribution in [0.5, 0.6) is 0 Å². The normalized spacial score (nSPS) is 11.0. The van der Waals surface area contributed by atoms with Gasteiger partial charge in [0.15, 0.2) is 0 Å². The predicted octanol–water partition coefficient (Wildman–Crippen LogP) is 2.53. The molecule has 23 heavy (non-hydrogen) atoms. The van der Waals surface area contributed by atoms with Crippen molar-refractivity contribution in [1.82, 2.24) is 4.98 Å². The summed E-state index contributed by atoms with van der Waals surface area (Å²) in [6, 6.07) is 12.5. The zero-order valence-corrected chi connectivity index (χ0v) is 13.1. The van der Waals surface area contributed by atoms with Crippen LogP contribution in [0.1, 0.15) is 25.1 Å². The summed E-state index contributed by atoms with van der Waals surface area (Å²) in [7, 11) is 0. The minimum absolute atomic E-state index is 0.219. The van der Waals surface area contributed by atoms with Crippen molar-refractivity contribution in [3.8, 4) is 0 Å². The fourth-order valence-electron chi connectivity index (χ4n) is 2.08. The van der Waals surface area contributed by atoms with E-state index < -0.39 is 17.4 Å². The van der Waals surface area contributed by atoms with Crippen molar-refractivity contribution in [2.75, 3.05) is 4.90 Å². The molecular formula is C17H19N3O3. The quantitative estimate of drug-likeness (QED) is 0.886. The van der Waals surface area contributed by atoms with Crippen LogP contribution in [0.2, 0.25) is 0 Å². The largest absolute Gasteiger partial charge is 0.465 e. The lowest BCUT2D eigenvalue weighted by atomic mass is 9.88. The van der Waals surface area contributed by atoms with Crippen LogP contribution in [-0.4, -0.2) is 22.1 Å². The standard InChI is InChI=1S/C17H19N3O3/c1-17(2,15(18)21)14-9-8-13(10-19-14)20(16(22)23)11-12-6-4-3-5-7-12/h3-10H,11H2,1-2H3,(H2,18,21)(H,22,23). The smallest absolute Gasteiger partial charge is 0.412 e. The third-order valence-corrected chi connectivity index (χ3v) is 3.73. The van der Waals surface area contributed by atoms with Gasteiger partial charge in [0.05, 0.1) is 29.5 Å². The number of anilines is 1. The molecule has 6 heteroatoms. The van der Waals surface area contributed by atoms with E-state index >= 15 is 0 Å². The van der Waals surface area contributed by atoms with Gasteiger partial charge in [-0.2, -0.15) is 0 Å². The first-order chi connectivity index (χ1) is 10.8. The van der Waals surface area contributed by atoms with Crippen LogP contribution in [0.15, 0.2) is 48.7 Å². The van der Waals surface area contributed by atoms with Gasteiger partial charge in [0.1, 0.15) is 0 Å². The summed E-state index contributed by atoms with van der Waals surface area (Å²) < 4.78 is 0. The van der Waals surface area contributed by atoms with Crippen LogP contribution >= 0.6 is 0 Å². The maximum atomic E-state index is 11.5. The summed E-state index contributed by atoms with van der Waals surface area (Å²) in [5.41, 5.74) is 6.26. The number of pyridine rings is 1. The van der Waals surface area contributed by atoms with Crippen LogP contribution in [0, 0.1) is 0 Å². The summed E-state index contributed by atoms with van der Waals surface area (Å²) in [6.45, 7) is 3.57.